The Morgan fingerprint density at radius 1 is 1.33 bits per heavy atom. The van der Waals surface area contributed by atoms with E-state index < -0.39 is 0 Å². The first-order valence-corrected chi connectivity index (χ1v) is 5.62. The predicted molar refractivity (Wildman–Crippen MR) is 61.4 cm³/mol. The highest BCUT2D eigenvalue weighted by atomic mass is 16.5. The van der Waals surface area contributed by atoms with Gasteiger partial charge in [-0.2, -0.15) is 0 Å². The summed E-state index contributed by atoms with van der Waals surface area (Å²) in [5.74, 6) is 0.362. The minimum absolute atomic E-state index is 0.0127. The SMILES string of the molecule is CC(C)=C[C@@H]1C(C(=O)OC(C)C)C1(C)C. The fraction of sp³-hybridized carbons (Fsp3) is 0.769. The molecule has 0 aliphatic heterocycles. The molecule has 1 fully saturated rings. The number of carbonyl (C=O) groups is 1. The van der Waals surface area contributed by atoms with E-state index in [1.165, 1.54) is 5.57 Å². The van der Waals surface area contributed by atoms with Crippen LogP contribution >= 0.6 is 0 Å². The Labute approximate surface area is 92.7 Å². The highest BCUT2D eigenvalue weighted by Gasteiger charge is 2.61. The van der Waals surface area contributed by atoms with E-state index >= 15 is 0 Å². The highest BCUT2D eigenvalue weighted by molar-refractivity contribution is 5.78. The van der Waals surface area contributed by atoms with Crippen LogP contribution in [0.5, 0.6) is 0 Å². The van der Waals surface area contributed by atoms with Crippen molar-refractivity contribution in [3.05, 3.63) is 11.6 Å². The van der Waals surface area contributed by atoms with Gasteiger partial charge < -0.3 is 4.74 Å². The second-order valence-electron chi connectivity index (χ2n) is 5.55. The maximum atomic E-state index is 11.8. The quantitative estimate of drug-likeness (QED) is 0.528. The zero-order valence-corrected chi connectivity index (χ0v) is 10.6. The highest BCUT2D eigenvalue weighted by Crippen LogP contribution is 2.59. The van der Waals surface area contributed by atoms with Crippen molar-refractivity contribution < 1.29 is 9.53 Å². The lowest BCUT2D eigenvalue weighted by molar-refractivity contribution is -0.150. The normalized spacial score (nSPS) is 27.4. The first-order valence-electron chi connectivity index (χ1n) is 5.62. The van der Waals surface area contributed by atoms with Gasteiger partial charge in [0.25, 0.3) is 0 Å². The molecule has 0 aromatic carbocycles. The second-order valence-corrected chi connectivity index (χ2v) is 5.55. The molecule has 1 aliphatic carbocycles. The Kier molecular flexibility index (Phi) is 3.27. The maximum absolute atomic E-state index is 11.8. The molecular weight excluding hydrogens is 188 g/mol. The second kappa shape index (κ2) is 3.99. The fourth-order valence-corrected chi connectivity index (χ4v) is 2.10. The number of allylic oxidation sites excluding steroid dienone is 2. The van der Waals surface area contributed by atoms with E-state index in [-0.39, 0.29) is 23.4 Å². The van der Waals surface area contributed by atoms with E-state index in [2.05, 4.69) is 33.8 Å². The third-order valence-electron chi connectivity index (χ3n) is 3.03. The Hall–Kier alpha value is -0.790. The van der Waals surface area contributed by atoms with Gasteiger partial charge in [0.05, 0.1) is 12.0 Å². The summed E-state index contributed by atoms with van der Waals surface area (Å²) in [6.45, 7) is 12.2. The van der Waals surface area contributed by atoms with E-state index in [4.69, 9.17) is 4.74 Å². The van der Waals surface area contributed by atoms with Crippen LogP contribution in [0.25, 0.3) is 0 Å². The van der Waals surface area contributed by atoms with Crippen LogP contribution in [0, 0.1) is 17.3 Å². The van der Waals surface area contributed by atoms with Gasteiger partial charge in [0, 0.05) is 0 Å². The molecule has 0 saturated heterocycles. The molecule has 1 rings (SSSR count). The van der Waals surface area contributed by atoms with E-state index in [1.807, 2.05) is 13.8 Å². The predicted octanol–water partition coefficient (Wildman–Crippen LogP) is 3.18. The lowest BCUT2D eigenvalue weighted by Crippen LogP contribution is -2.15. The number of hydrogen-bond acceptors (Lipinski definition) is 2. The van der Waals surface area contributed by atoms with Gasteiger partial charge in [-0.25, -0.2) is 0 Å². The van der Waals surface area contributed by atoms with E-state index in [0.717, 1.165) is 0 Å². The molecule has 0 bridgehead atoms. The van der Waals surface area contributed by atoms with Gasteiger partial charge in [-0.1, -0.05) is 25.5 Å². The van der Waals surface area contributed by atoms with Crippen molar-refractivity contribution in [3.8, 4) is 0 Å². The summed E-state index contributed by atoms with van der Waals surface area (Å²) in [7, 11) is 0. The molecule has 86 valence electrons. The van der Waals surface area contributed by atoms with Gasteiger partial charge in [-0.15, -0.1) is 0 Å². The summed E-state index contributed by atoms with van der Waals surface area (Å²) in [4.78, 5) is 11.8. The molecule has 0 aromatic rings. The number of ether oxygens (including phenoxy) is 1. The molecule has 2 atom stereocenters. The van der Waals surface area contributed by atoms with Gasteiger partial charge in [0.2, 0.25) is 0 Å². The molecule has 2 heteroatoms. The number of rotatable bonds is 3. The number of carbonyl (C=O) groups excluding carboxylic acids is 1. The number of hydrogen-bond donors (Lipinski definition) is 0. The van der Waals surface area contributed by atoms with Crippen molar-refractivity contribution in [2.45, 2.75) is 47.6 Å². The topological polar surface area (TPSA) is 26.3 Å². The Bertz CT molecular complexity index is 283. The van der Waals surface area contributed by atoms with Crippen LogP contribution in [-0.4, -0.2) is 12.1 Å². The Morgan fingerprint density at radius 2 is 1.87 bits per heavy atom. The molecule has 0 N–H and O–H groups in total. The summed E-state index contributed by atoms with van der Waals surface area (Å²) in [6.07, 6.45) is 2.17. The lowest BCUT2D eigenvalue weighted by atomic mass is 10.1. The molecule has 0 spiro atoms. The molecular formula is C13H22O2. The minimum Gasteiger partial charge on any atom is -0.463 e. The molecule has 0 radical (unpaired) electrons. The molecule has 1 saturated carbocycles. The third-order valence-corrected chi connectivity index (χ3v) is 3.03. The van der Waals surface area contributed by atoms with E-state index in [0.29, 0.717) is 5.92 Å². The lowest BCUT2D eigenvalue weighted by Gasteiger charge is -2.08. The molecule has 0 heterocycles. The largest absolute Gasteiger partial charge is 0.463 e. The molecule has 2 nitrogen and oxygen atoms in total. The first-order chi connectivity index (χ1) is 6.76. The van der Waals surface area contributed by atoms with Gasteiger partial charge >= 0.3 is 5.97 Å². The standard InChI is InChI=1S/C13H22O2/c1-8(2)7-10-11(13(10,5)6)12(14)15-9(3)4/h7,9-11H,1-6H3/t10-,11?/m1/s1. The van der Waals surface area contributed by atoms with Crippen molar-refractivity contribution >= 4 is 5.97 Å². The van der Waals surface area contributed by atoms with Crippen LogP contribution in [0.3, 0.4) is 0 Å². The molecule has 1 aliphatic rings. The maximum Gasteiger partial charge on any atom is 0.310 e. The Balaban J connectivity index is 2.66. The number of esters is 1. The molecule has 15 heavy (non-hydrogen) atoms. The van der Waals surface area contributed by atoms with Crippen LogP contribution in [0.2, 0.25) is 0 Å². The van der Waals surface area contributed by atoms with Gasteiger partial charge in [-0.3, -0.25) is 4.79 Å². The summed E-state index contributed by atoms with van der Waals surface area (Å²) in [5, 5.41) is 0. The van der Waals surface area contributed by atoms with Crippen LogP contribution in [0.4, 0.5) is 0 Å². The third kappa shape index (κ3) is 2.61. The monoisotopic (exact) mass is 210 g/mol. The Morgan fingerprint density at radius 3 is 2.27 bits per heavy atom. The van der Waals surface area contributed by atoms with Crippen LogP contribution in [0.15, 0.2) is 11.6 Å². The van der Waals surface area contributed by atoms with Crippen molar-refractivity contribution in [3.63, 3.8) is 0 Å². The van der Waals surface area contributed by atoms with Crippen LogP contribution < -0.4 is 0 Å². The first kappa shape index (κ1) is 12.3. The summed E-state index contributed by atoms with van der Waals surface area (Å²) in [6, 6.07) is 0. The van der Waals surface area contributed by atoms with Crippen LogP contribution in [-0.2, 0) is 9.53 Å². The van der Waals surface area contributed by atoms with E-state index in [9.17, 15) is 4.79 Å². The summed E-state index contributed by atoms with van der Waals surface area (Å²) < 4.78 is 5.25. The minimum atomic E-state index is -0.0440. The van der Waals surface area contributed by atoms with E-state index in [1.54, 1.807) is 0 Å². The van der Waals surface area contributed by atoms with Crippen LogP contribution in [0.1, 0.15) is 41.5 Å². The average molecular weight is 210 g/mol. The fourth-order valence-electron chi connectivity index (χ4n) is 2.10. The molecule has 1 unspecified atom stereocenters. The summed E-state index contributed by atoms with van der Waals surface area (Å²) in [5.41, 5.74) is 1.34. The van der Waals surface area contributed by atoms with Crippen molar-refractivity contribution in [2.75, 3.05) is 0 Å². The van der Waals surface area contributed by atoms with Gasteiger partial charge in [0.1, 0.15) is 0 Å². The average Bonchev–Trinajstić information content (AvgIpc) is 2.49. The smallest absolute Gasteiger partial charge is 0.310 e. The summed E-state index contributed by atoms with van der Waals surface area (Å²) >= 11 is 0. The molecule has 0 aromatic heterocycles. The zero-order valence-electron chi connectivity index (χ0n) is 10.6. The van der Waals surface area contributed by atoms with Crippen molar-refractivity contribution in [1.82, 2.24) is 0 Å². The van der Waals surface area contributed by atoms with Crippen molar-refractivity contribution in [2.24, 2.45) is 17.3 Å². The zero-order chi connectivity index (χ0) is 11.8. The van der Waals surface area contributed by atoms with Gasteiger partial charge in [0.15, 0.2) is 0 Å². The van der Waals surface area contributed by atoms with Crippen molar-refractivity contribution in [1.29, 1.82) is 0 Å². The molecule has 0 amide bonds. The van der Waals surface area contributed by atoms with Gasteiger partial charge in [-0.05, 0) is 39.0 Å².